The summed E-state index contributed by atoms with van der Waals surface area (Å²) in [5, 5.41) is 9.32. The minimum Gasteiger partial charge on any atom is -0.440 e. The summed E-state index contributed by atoms with van der Waals surface area (Å²) >= 11 is 4.32. The topological polar surface area (TPSA) is 64.8 Å². The Labute approximate surface area is 111 Å². The molecule has 1 atom stereocenters. The first-order valence-corrected chi connectivity index (χ1v) is 5.81. The van der Waals surface area contributed by atoms with E-state index in [1.165, 1.54) is 24.3 Å². The highest BCUT2D eigenvalue weighted by molar-refractivity contribution is 7.81. The average molecular weight is 272 g/mol. The largest absolute Gasteiger partial charge is 0.440 e. The third-order valence-electron chi connectivity index (χ3n) is 2.20. The van der Waals surface area contributed by atoms with Gasteiger partial charge in [0.05, 0.1) is 11.5 Å². The number of nitro benzene ring substituents is 1. The number of rotatable bonds is 6. The molecule has 100 valence electrons. The fourth-order valence-corrected chi connectivity index (χ4v) is 1.46. The van der Waals surface area contributed by atoms with Crippen LogP contribution in [-0.4, -0.2) is 35.8 Å². The second-order valence-electron chi connectivity index (χ2n) is 3.73. The van der Waals surface area contributed by atoms with Crippen LogP contribution in [0.3, 0.4) is 0 Å². The molecular formula is C11H16N2O4S. The summed E-state index contributed by atoms with van der Waals surface area (Å²) < 4.78 is 11.0. The highest BCUT2D eigenvalue weighted by Crippen LogP contribution is 2.26. The molecule has 1 aromatic carbocycles. The van der Waals surface area contributed by atoms with Gasteiger partial charge in [-0.1, -0.05) is 12.6 Å². The molecule has 0 fully saturated rings. The van der Waals surface area contributed by atoms with Crippen LogP contribution in [0.15, 0.2) is 24.3 Å². The van der Waals surface area contributed by atoms with Gasteiger partial charge in [0, 0.05) is 12.1 Å². The molecule has 18 heavy (non-hydrogen) atoms. The molecule has 7 heteroatoms. The highest BCUT2D eigenvalue weighted by atomic mass is 32.1. The second kappa shape index (κ2) is 6.03. The maximum atomic E-state index is 10.5. The van der Waals surface area contributed by atoms with Crippen molar-refractivity contribution in [3.63, 3.8) is 0 Å². The summed E-state index contributed by atoms with van der Waals surface area (Å²) in [4.78, 5) is 11.7. The number of ether oxygens (including phenoxy) is 2. The zero-order valence-corrected chi connectivity index (χ0v) is 11.4. The number of nitro groups is 1. The number of hydrogen-bond donors (Lipinski definition) is 1. The molecule has 1 rings (SSSR count). The van der Waals surface area contributed by atoms with Crippen LogP contribution in [0.25, 0.3) is 0 Å². The Morgan fingerprint density at radius 2 is 1.94 bits per heavy atom. The molecule has 0 heterocycles. The van der Waals surface area contributed by atoms with E-state index in [1.54, 1.807) is 19.0 Å². The summed E-state index contributed by atoms with van der Waals surface area (Å²) in [6.45, 7) is 2.25. The van der Waals surface area contributed by atoms with Crippen molar-refractivity contribution in [2.24, 2.45) is 0 Å². The lowest BCUT2D eigenvalue weighted by atomic mass is 10.3. The predicted octanol–water partition coefficient (Wildman–Crippen LogP) is 2.11. The van der Waals surface area contributed by atoms with Gasteiger partial charge in [0.1, 0.15) is 5.75 Å². The Morgan fingerprint density at radius 3 is 2.33 bits per heavy atom. The smallest absolute Gasteiger partial charge is 0.322 e. The Bertz CT molecular complexity index is 410. The van der Waals surface area contributed by atoms with E-state index in [0.29, 0.717) is 12.4 Å². The number of non-ortho nitro benzene ring substituents is 1. The van der Waals surface area contributed by atoms with E-state index in [2.05, 4.69) is 12.6 Å². The van der Waals surface area contributed by atoms with Gasteiger partial charge < -0.3 is 9.47 Å². The van der Waals surface area contributed by atoms with E-state index < -0.39 is 10.2 Å². The van der Waals surface area contributed by atoms with E-state index in [9.17, 15) is 10.1 Å². The Morgan fingerprint density at radius 1 is 1.39 bits per heavy atom. The first-order valence-electron chi connectivity index (χ1n) is 5.36. The van der Waals surface area contributed by atoms with Gasteiger partial charge in [-0.25, -0.2) is 4.90 Å². The number of benzene rings is 1. The molecule has 0 spiro atoms. The van der Waals surface area contributed by atoms with Gasteiger partial charge in [-0.2, -0.15) is 0 Å². The molecule has 6 nitrogen and oxygen atoms in total. The quantitative estimate of drug-likeness (QED) is 0.372. The molecular weight excluding hydrogens is 256 g/mol. The van der Waals surface area contributed by atoms with E-state index in [4.69, 9.17) is 9.47 Å². The van der Waals surface area contributed by atoms with Crippen molar-refractivity contribution in [2.45, 2.75) is 12.2 Å². The molecule has 0 radical (unpaired) electrons. The first kappa shape index (κ1) is 14.7. The van der Waals surface area contributed by atoms with Crippen LogP contribution in [-0.2, 0) is 4.74 Å². The summed E-state index contributed by atoms with van der Waals surface area (Å²) in [7, 11) is 3.52. The van der Waals surface area contributed by atoms with Gasteiger partial charge in [-0.3, -0.25) is 10.1 Å². The summed E-state index contributed by atoms with van der Waals surface area (Å²) in [6, 6.07) is 5.74. The fourth-order valence-electron chi connectivity index (χ4n) is 1.23. The van der Waals surface area contributed by atoms with Crippen molar-refractivity contribution in [1.29, 1.82) is 0 Å². The van der Waals surface area contributed by atoms with Crippen molar-refractivity contribution < 1.29 is 14.4 Å². The van der Waals surface area contributed by atoms with Gasteiger partial charge in [0.2, 0.25) is 0 Å². The van der Waals surface area contributed by atoms with Crippen LogP contribution >= 0.6 is 12.6 Å². The Kier molecular flexibility index (Phi) is 4.94. The predicted molar refractivity (Wildman–Crippen MR) is 70.8 cm³/mol. The van der Waals surface area contributed by atoms with Crippen LogP contribution in [0.5, 0.6) is 5.75 Å². The first-order chi connectivity index (χ1) is 8.39. The number of thiol groups is 1. The van der Waals surface area contributed by atoms with Crippen LogP contribution in [0.2, 0.25) is 0 Å². The summed E-state index contributed by atoms with van der Waals surface area (Å²) in [5.74, 6) is 0.442. The maximum absolute atomic E-state index is 10.5. The van der Waals surface area contributed by atoms with Crippen molar-refractivity contribution in [3.05, 3.63) is 34.4 Å². The molecule has 0 bridgehead atoms. The summed E-state index contributed by atoms with van der Waals surface area (Å²) in [5.41, 5.74) is 0.00776. The highest BCUT2D eigenvalue weighted by Gasteiger charge is 2.31. The van der Waals surface area contributed by atoms with Gasteiger partial charge in [-0.15, -0.1) is 0 Å². The molecule has 0 saturated carbocycles. The molecule has 0 N–H and O–H groups in total. The Hall–Kier alpha value is -1.31. The Balaban J connectivity index is 2.84. The molecule has 0 aliphatic carbocycles. The van der Waals surface area contributed by atoms with E-state index >= 15 is 0 Å². The summed E-state index contributed by atoms with van der Waals surface area (Å²) in [6.07, 6.45) is 0. The van der Waals surface area contributed by atoms with E-state index in [-0.39, 0.29) is 5.69 Å². The lowest BCUT2D eigenvalue weighted by Crippen LogP contribution is -2.46. The zero-order chi connectivity index (χ0) is 13.8. The number of nitrogens with zero attached hydrogens (tertiary/aromatic N) is 2. The van der Waals surface area contributed by atoms with Gasteiger partial charge in [0.25, 0.3) is 5.69 Å². The van der Waals surface area contributed by atoms with Crippen LogP contribution in [0.4, 0.5) is 5.69 Å². The van der Waals surface area contributed by atoms with Crippen LogP contribution in [0.1, 0.15) is 6.92 Å². The van der Waals surface area contributed by atoms with Crippen molar-refractivity contribution in [3.8, 4) is 5.75 Å². The van der Waals surface area contributed by atoms with E-state index in [0.717, 1.165) is 0 Å². The second-order valence-corrected chi connectivity index (χ2v) is 4.29. The molecule has 0 amide bonds. The maximum Gasteiger partial charge on any atom is 0.322 e. The van der Waals surface area contributed by atoms with Crippen molar-refractivity contribution in [2.75, 3.05) is 20.7 Å². The lowest BCUT2D eigenvalue weighted by molar-refractivity contribution is -0.384. The SMILES string of the molecule is CCOC(S)(Oc1ccc([N+](=O)[O-])cc1)N(C)C. The van der Waals surface area contributed by atoms with Crippen LogP contribution < -0.4 is 4.74 Å². The van der Waals surface area contributed by atoms with Crippen molar-refractivity contribution >= 4 is 18.3 Å². The lowest BCUT2D eigenvalue weighted by Gasteiger charge is -2.34. The minimum absolute atomic E-state index is 0.00776. The normalized spacial score (nSPS) is 14.3. The molecule has 0 aliphatic heterocycles. The van der Waals surface area contributed by atoms with Gasteiger partial charge in [-0.05, 0) is 33.2 Å². The third kappa shape index (κ3) is 3.59. The fraction of sp³-hybridized carbons (Fsp3) is 0.455. The molecule has 0 aliphatic rings. The average Bonchev–Trinajstić information content (AvgIpc) is 2.29. The molecule has 1 aromatic rings. The minimum atomic E-state index is -1.20. The van der Waals surface area contributed by atoms with Crippen molar-refractivity contribution in [1.82, 2.24) is 4.90 Å². The molecule has 1 unspecified atom stereocenters. The molecule has 0 saturated heterocycles. The zero-order valence-electron chi connectivity index (χ0n) is 10.5. The number of hydrogen-bond acceptors (Lipinski definition) is 6. The van der Waals surface area contributed by atoms with E-state index in [1.807, 2.05) is 6.92 Å². The van der Waals surface area contributed by atoms with Crippen LogP contribution in [0, 0.1) is 10.1 Å². The molecule has 0 aromatic heterocycles. The monoisotopic (exact) mass is 272 g/mol. The van der Waals surface area contributed by atoms with Gasteiger partial charge >= 0.3 is 5.24 Å². The third-order valence-corrected chi connectivity index (χ3v) is 2.82. The standard InChI is InChI=1S/C11H16N2O4S/c1-4-16-11(18,12(2)3)17-10-7-5-9(6-8-10)13(14)15/h5-8,18H,4H2,1-3H3. The van der Waals surface area contributed by atoms with Gasteiger partial charge in [0.15, 0.2) is 0 Å².